The summed E-state index contributed by atoms with van der Waals surface area (Å²) in [5, 5.41) is 9.58. The molecule has 0 saturated heterocycles. The molecule has 2 N–H and O–H groups in total. The van der Waals surface area contributed by atoms with Crippen LogP contribution in [0.2, 0.25) is 0 Å². The van der Waals surface area contributed by atoms with Crippen LogP contribution in [0.5, 0.6) is 0 Å². The number of aryl methyl sites for hydroxylation is 1. The Balaban J connectivity index is 0.000000265. The highest BCUT2D eigenvalue weighted by atomic mass is 16.2. The second-order valence-corrected chi connectivity index (χ2v) is 5.30. The number of rotatable bonds is 5. The van der Waals surface area contributed by atoms with Crippen molar-refractivity contribution in [3.05, 3.63) is 83.7 Å². The molecule has 0 radical (unpaired) electrons. The van der Waals surface area contributed by atoms with E-state index in [1.165, 1.54) is 0 Å². The first-order valence-electron chi connectivity index (χ1n) is 8.23. The summed E-state index contributed by atoms with van der Waals surface area (Å²) in [6.07, 6.45) is 4.86. The number of hydrogen-bond donors (Lipinski definition) is 2. The SMILES string of the molecule is CO.Cc1ccnc(-c2cc(C=O)ccn2)c1.O=CNCc1ccccc1. The topological polar surface area (TPSA) is 92.2 Å². The number of amides is 1. The van der Waals surface area contributed by atoms with Gasteiger partial charge < -0.3 is 10.4 Å². The van der Waals surface area contributed by atoms with Gasteiger partial charge in [0.25, 0.3) is 0 Å². The number of nitrogens with one attached hydrogen (secondary N) is 1. The summed E-state index contributed by atoms with van der Waals surface area (Å²) in [5.74, 6) is 0. The molecule has 0 aliphatic carbocycles. The number of hydrogen-bond acceptors (Lipinski definition) is 5. The van der Waals surface area contributed by atoms with E-state index in [4.69, 9.17) is 5.11 Å². The van der Waals surface area contributed by atoms with Gasteiger partial charge in [-0.25, -0.2) is 0 Å². The number of carbonyl (C=O) groups is 2. The Morgan fingerprint density at radius 3 is 2.15 bits per heavy atom. The van der Waals surface area contributed by atoms with E-state index >= 15 is 0 Å². The number of carbonyl (C=O) groups excluding carboxylic acids is 2. The summed E-state index contributed by atoms with van der Waals surface area (Å²) in [5.41, 5.74) is 4.37. The van der Waals surface area contributed by atoms with Gasteiger partial charge in [-0.05, 0) is 42.3 Å². The predicted octanol–water partition coefficient (Wildman–Crippen LogP) is 2.81. The van der Waals surface area contributed by atoms with E-state index in [9.17, 15) is 9.59 Å². The molecule has 27 heavy (non-hydrogen) atoms. The van der Waals surface area contributed by atoms with Crippen molar-refractivity contribution in [2.45, 2.75) is 13.5 Å². The number of aliphatic hydroxyl groups excluding tert-OH is 1. The van der Waals surface area contributed by atoms with E-state index in [1.54, 1.807) is 24.5 Å². The average molecular weight is 365 g/mol. The quantitative estimate of drug-likeness (QED) is 0.678. The highest BCUT2D eigenvalue weighted by Crippen LogP contribution is 2.15. The Morgan fingerprint density at radius 1 is 0.926 bits per heavy atom. The zero-order valence-corrected chi connectivity index (χ0v) is 15.4. The number of pyridine rings is 2. The third kappa shape index (κ3) is 8.02. The number of aliphatic hydroxyl groups is 1. The Kier molecular flexibility index (Phi) is 10.4. The summed E-state index contributed by atoms with van der Waals surface area (Å²) in [6.45, 7) is 2.61. The van der Waals surface area contributed by atoms with Crippen LogP contribution >= 0.6 is 0 Å². The van der Waals surface area contributed by atoms with Crippen molar-refractivity contribution in [2.24, 2.45) is 0 Å². The van der Waals surface area contributed by atoms with Crippen LogP contribution < -0.4 is 5.32 Å². The van der Waals surface area contributed by atoms with Crippen molar-refractivity contribution in [2.75, 3.05) is 7.11 Å². The molecule has 3 rings (SSSR count). The Labute approximate surface area is 158 Å². The summed E-state index contributed by atoms with van der Waals surface area (Å²) < 4.78 is 0. The zero-order chi connectivity index (χ0) is 19.9. The Bertz CT molecular complexity index is 824. The summed E-state index contributed by atoms with van der Waals surface area (Å²) in [6, 6.07) is 17.0. The van der Waals surface area contributed by atoms with Crippen molar-refractivity contribution in [1.29, 1.82) is 0 Å². The molecule has 2 heterocycles. The lowest BCUT2D eigenvalue weighted by atomic mass is 10.1. The minimum Gasteiger partial charge on any atom is -0.400 e. The number of benzene rings is 1. The second kappa shape index (κ2) is 12.9. The van der Waals surface area contributed by atoms with Gasteiger partial charge in [-0.1, -0.05) is 30.3 Å². The largest absolute Gasteiger partial charge is 0.400 e. The molecule has 0 atom stereocenters. The smallest absolute Gasteiger partial charge is 0.207 e. The van der Waals surface area contributed by atoms with Crippen LogP contribution in [0.3, 0.4) is 0 Å². The lowest BCUT2D eigenvalue weighted by Gasteiger charge is -2.01. The monoisotopic (exact) mass is 365 g/mol. The highest BCUT2D eigenvalue weighted by molar-refractivity contribution is 5.76. The normalized spacial score (nSPS) is 9.00. The van der Waals surface area contributed by atoms with Gasteiger partial charge in [0.05, 0.1) is 11.4 Å². The van der Waals surface area contributed by atoms with E-state index < -0.39 is 0 Å². The maximum Gasteiger partial charge on any atom is 0.207 e. The fourth-order valence-electron chi connectivity index (χ4n) is 2.09. The van der Waals surface area contributed by atoms with Gasteiger partial charge in [0.2, 0.25) is 6.41 Å². The maximum atomic E-state index is 10.6. The molecule has 140 valence electrons. The van der Waals surface area contributed by atoms with Gasteiger partial charge in [-0.15, -0.1) is 0 Å². The van der Waals surface area contributed by atoms with E-state index in [2.05, 4.69) is 15.3 Å². The summed E-state index contributed by atoms with van der Waals surface area (Å²) in [7, 11) is 1.00. The van der Waals surface area contributed by atoms with Crippen molar-refractivity contribution < 1.29 is 14.7 Å². The fraction of sp³-hybridized carbons (Fsp3) is 0.143. The van der Waals surface area contributed by atoms with Crippen LogP contribution in [-0.2, 0) is 11.3 Å². The molecule has 0 bridgehead atoms. The van der Waals surface area contributed by atoms with E-state index in [0.717, 1.165) is 35.9 Å². The number of nitrogens with zero attached hydrogens (tertiary/aromatic N) is 2. The van der Waals surface area contributed by atoms with Crippen LogP contribution in [0, 0.1) is 6.92 Å². The minimum absolute atomic E-state index is 0.614. The first-order valence-corrected chi connectivity index (χ1v) is 8.23. The maximum absolute atomic E-state index is 10.6. The van der Waals surface area contributed by atoms with E-state index in [1.807, 2.05) is 49.4 Å². The van der Waals surface area contributed by atoms with Crippen molar-refractivity contribution >= 4 is 12.7 Å². The number of aromatic nitrogens is 2. The van der Waals surface area contributed by atoms with Gasteiger partial charge >= 0.3 is 0 Å². The van der Waals surface area contributed by atoms with E-state index in [-0.39, 0.29) is 0 Å². The minimum atomic E-state index is 0.614. The van der Waals surface area contributed by atoms with Gasteiger partial charge in [-0.2, -0.15) is 0 Å². The van der Waals surface area contributed by atoms with Gasteiger partial charge in [-0.3, -0.25) is 19.6 Å². The van der Waals surface area contributed by atoms with Gasteiger partial charge in [0.15, 0.2) is 0 Å². The molecule has 0 aliphatic rings. The number of aldehydes is 1. The Morgan fingerprint density at radius 2 is 1.56 bits per heavy atom. The molecule has 3 aromatic rings. The first kappa shape index (κ1) is 21.7. The van der Waals surface area contributed by atoms with Crippen LogP contribution in [0.15, 0.2) is 67.0 Å². The zero-order valence-electron chi connectivity index (χ0n) is 15.4. The van der Waals surface area contributed by atoms with Crippen LogP contribution in [0.1, 0.15) is 21.5 Å². The average Bonchev–Trinajstić information content (AvgIpc) is 2.75. The molecule has 6 heteroatoms. The van der Waals surface area contributed by atoms with Crippen LogP contribution in [0.25, 0.3) is 11.4 Å². The molecule has 6 nitrogen and oxygen atoms in total. The van der Waals surface area contributed by atoms with Crippen molar-refractivity contribution in [3.8, 4) is 11.4 Å². The van der Waals surface area contributed by atoms with Gasteiger partial charge in [0, 0.05) is 31.6 Å². The summed E-state index contributed by atoms with van der Waals surface area (Å²) in [4.78, 5) is 28.9. The molecular formula is C21H23N3O3. The molecule has 0 fully saturated rings. The molecule has 0 spiro atoms. The van der Waals surface area contributed by atoms with Crippen molar-refractivity contribution in [1.82, 2.24) is 15.3 Å². The fourth-order valence-corrected chi connectivity index (χ4v) is 2.09. The predicted molar refractivity (Wildman–Crippen MR) is 105 cm³/mol. The highest BCUT2D eigenvalue weighted by Gasteiger charge is 2.01. The van der Waals surface area contributed by atoms with Gasteiger partial charge in [0.1, 0.15) is 6.29 Å². The molecule has 1 amide bonds. The lowest BCUT2D eigenvalue weighted by molar-refractivity contribution is -0.109. The third-order valence-electron chi connectivity index (χ3n) is 3.33. The van der Waals surface area contributed by atoms with Crippen LogP contribution in [-0.4, -0.2) is 34.9 Å². The third-order valence-corrected chi connectivity index (χ3v) is 3.33. The molecule has 1 aromatic carbocycles. The standard InChI is InChI=1S/C12H10N2O.C8H9NO.CH4O/c1-9-2-4-13-11(6-9)12-7-10(8-15)3-5-14-12;10-7-9-6-8-4-2-1-3-5-8;1-2/h2-8H,1H3;1-5,7H,6H2,(H,9,10);2H,1H3. The molecule has 2 aromatic heterocycles. The lowest BCUT2D eigenvalue weighted by Crippen LogP contribution is -2.09. The van der Waals surface area contributed by atoms with Crippen LogP contribution in [0.4, 0.5) is 0 Å². The molecule has 0 unspecified atom stereocenters. The second-order valence-electron chi connectivity index (χ2n) is 5.30. The summed E-state index contributed by atoms with van der Waals surface area (Å²) >= 11 is 0. The molecule has 0 aliphatic heterocycles. The molecular weight excluding hydrogens is 342 g/mol. The first-order chi connectivity index (χ1) is 13.2. The van der Waals surface area contributed by atoms with Crippen molar-refractivity contribution in [3.63, 3.8) is 0 Å². The Hall–Kier alpha value is -3.38. The van der Waals surface area contributed by atoms with E-state index in [0.29, 0.717) is 18.5 Å². The molecule has 0 saturated carbocycles.